The van der Waals surface area contributed by atoms with Gasteiger partial charge >= 0.3 is 12.4 Å². The molecular formula is C27H29F6N3O. The standard InChI is InChI=1S/C27H29F6N3O/c1-3-8-36(16-17-4-5-17)25-20(11-19-12-23(37-2)6-7-24(19)35-25)15-34-14-18-9-21(26(28,29)30)13-22(10-18)27(31,32)33/h6-7,9-13,17,34H,3-5,8,14-16H2,1-2H3. The van der Waals surface area contributed by atoms with Crippen molar-refractivity contribution < 1.29 is 31.1 Å². The van der Waals surface area contributed by atoms with Crippen LogP contribution in [0.3, 0.4) is 0 Å². The molecule has 0 bridgehead atoms. The minimum Gasteiger partial charge on any atom is -0.497 e. The monoisotopic (exact) mass is 525 g/mol. The molecule has 0 spiro atoms. The Balaban J connectivity index is 1.63. The molecule has 0 unspecified atom stereocenters. The van der Waals surface area contributed by atoms with E-state index in [-0.39, 0.29) is 24.7 Å². The Morgan fingerprint density at radius 2 is 1.62 bits per heavy atom. The molecule has 0 amide bonds. The van der Waals surface area contributed by atoms with Crippen LogP contribution in [-0.4, -0.2) is 25.2 Å². The summed E-state index contributed by atoms with van der Waals surface area (Å²) in [7, 11) is 1.56. The highest BCUT2D eigenvalue weighted by Gasteiger charge is 2.36. The SMILES string of the molecule is CCCN(CC1CC1)c1nc2ccc(OC)cc2cc1CNCc1cc(C(F)(F)F)cc(C(F)(F)F)c1. The lowest BCUT2D eigenvalue weighted by Gasteiger charge is -2.26. The molecule has 1 aliphatic rings. The minimum atomic E-state index is -4.88. The summed E-state index contributed by atoms with van der Waals surface area (Å²) >= 11 is 0. The van der Waals surface area contributed by atoms with Gasteiger partial charge in [0.15, 0.2) is 0 Å². The first-order valence-corrected chi connectivity index (χ1v) is 12.2. The predicted molar refractivity (Wildman–Crippen MR) is 131 cm³/mol. The van der Waals surface area contributed by atoms with Crippen molar-refractivity contribution >= 4 is 16.7 Å². The number of halogens is 6. The molecule has 3 aromatic rings. The summed E-state index contributed by atoms with van der Waals surface area (Å²) in [6.07, 6.45) is -6.53. The number of ether oxygens (including phenoxy) is 1. The van der Waals surface area contributed by atoms with Crippen LogP contribution in [0.25, 0.3) is 10.9 Å². The average molecular weight is 526 g/mol. The maximum Gasteiger partial charge on any atom is 0.416 e. The normalized spacial score (nSPS) is 14.3. The Bertz CT molecular complexity index is 1210. The molecule has 10 heteroatoms. The second kappa shape index (κ2) is 10.8. The van der Waals surface area contributed by atoms with Crippen molar-refractivity contribution in [3.8, 4) is 5.75 Å². The largest absolute Gasteiger partial charge is 0.497 e. The molecule has 1 N–H and O–H groups in total. The quantitative estimate of drug-likeness (QED) is 0.284. The molecule has 37 heavy (non-hydrogen) atoms. The molecule has 1 aliphatic carbocycles. The summed E-state index contributed by atoms with van der Waals surface area (Å²) in [5.74, 6) is 2.04. The molecular weight excluding hydrogens is 496 g/mol. The zero-order chi connectivity index (χ0) is 26.8. The number of anilines is 1. The number of rotatable bonds is 10. The van der Waals surface area contributed by atoms with E-state index in [0.29, 0.717) is 11.7 Å². The molecule has 1 heterocycles. The van der Waals surface area contributed by atoms with Crippen LogP contribution in [0.4, 0.5) is 32.2 Å². The third-order valence-corrected chi connectivity index (χ3v) is 6.34. The molecule has 2 aromatic carbocycles. The van der Waals surface area contributed by atoms with Crippen molar-refractivity contribution in [1.82, 2.24) is 10.3 Å². The lowest BCUT2D eigenvalue weighted by Crippen LogP contribution is -2.29. The van der Waals surface area contributed by atoms with Gasteiger partial charge in [-0.25, -0.2) is 4.98 Å². The lowest BCUT2D eigenvalue weighted by molar-refractivity contribution is -0.143. The zero-order valence-electron chi connectivity index (χ0n) is 20.6. The fraction of sp³-hybridized carbons (Fsp3) is 0.444. The van der Waals surface area contributed by atoms with Crippen molar-refractivity contribution in [1.29, 1.82) is 0 Å². The zero-order valence-corrected chi connectivity index (χ0v) is 20.6. The number of hydrogen-bond acceptors (Lipinski definition) is 4. The molecule has 1 aromatic heterocycles. The second-order valence-corrected chi connectivity index (χ2v) is 9.44. The van der Waals surface area contributed by atoms with Crippen molar-refractivity contribution in [2.45, 2.75) is 51.6 Å². The topological polar surface area (TPSA) is 37.4 Å². The van der Waals surface area contributed by atoms with E-state index in [9.17, 15) is 26.3 Å². The molecule has 0 saturated heterocycles. The van der Waals surface area contributed by atoms with Crippen molar-refractivity contribution in [3.63, 3.8) is 0 Å². The van der Waals surface area contributed by atoms with Gasteiger partial charge in [0.25, 0.3) is 0 Å². The lowest BCUT2D eigenvalue weighted by atomic mass is 10.0. The molecule has 0 aliphatic heterocycles. The van der Waals surface area contributed by atoms with E-state index in [0.717, 1.165) is 66.8 Å². The van der Waals surface area contributed by atoms with E-state index < -0.39 is 23.5 Å². The second-order valence-electron chi connectivity index (χ2n) is 9.44. The Morgan fingerprint density at radius 3 is 2.19 bits per heavy atom. The third kappa shape index (κ3) is 6.85. The summed E-state index contributed by atoms with van der Waals surface area (Å²) in [6, 6.07) is 9.15. The van der Waals surface area contributed by atoms with Crippen LogP contribution in [0, 0.1) is 5.92 Å². The number of alkyl halides is 6. The number of aromatic nitrogens is 1. The smallest absolute Gasteiger partial charge is 0.416 e. The first-order chi connectivity index (χ1) is 17.5. The van der Waals surface area contributed by atoms with Gasteiger partial charge in [0, 0.05) is 37.1 Å². The van der Waals surface area contributed by atoms with Crippen molar-refractivity contribution in [2.24, 2.45) is 5.92 Å². The van der Waals surface area contributed by atoms with Crippen LogP contribution < -0.4 is 15.0 Å². The van der Waals surface area contributed by atoms with Crippen molar-refractivity contribution in [2.75, 3.05) is 25.1 Å². The van der Waals surface area contributed by atoms with Gasteiger partial charge in [0.1, 0.15) is 11.6 Å². The average Bonchev–Trinajstić information content (AvgIpc) is 3.66. The van der Waals surface area contributed by atoms with Crippen LogP contribution in [-0.2, 0) is 25.4 Å². The van der Waals surface area contributed by atoms with Crippen LogP contribution in [0.5, 0.6) is 5.75 Å². The van der Waals surface area contributed by atoms with Gasteiger partial charge in [-0.1, -0.05) is 6.92 Å². The highest BCUT2D eigenvalue weighted by Crippen LogP contribution is 2.37. The van der Waals surface area contributed by atoms with Gasteiger partial charge in [0.2, 0.25) is 0 Å². The molecule has 0 radical (unpaired) electrons. The Kier molecular flexibility index (Phi) is 7.87. The summed E-state index contributed by atoms with van der Waals surface area (Å²) in [5, 5.41) is 3.88. The van der Waals surface area contributed by atoms with Gasteiger partial charge in [-0.05, 0) is 73.2 Å². The van der Waals surface area contributed by atoms with E-state index >= 15 is 0 Å². The third-order valence-electron chi connectivity index (χ3n) is 6.34. The van der Waals surface area contributed by atoms with Gasteiger partial charge in [-0.3, -0.25) is 0 Å². The highest BCUT2D eigenvalue weighted by molar-refractivity contribution is 5.83. The Morgan fingerprint density at radius 1 is 0.946 bits per heavy atom. The molecule has 1 saturated carbocycles. The fourth-order valence-corrected chi connectivity index (χ4v) is 4.35. The van der Waals surface area contributed by atoms with E-state index in [1.54, 1.807) is 7.11 Å². The number of nitrogens with zero attached hydrogens (tertiary/aromatic N) is 2. The number of pyridine rings is 1. The summed E-state index contributed by atoms with van der Waals surface area (Å²) in [5.41, 5.74) is -1.14. The van der Waals surface area contributed by atoms with Gasteiger partial charge in [-0.15, -0.1) is 0 Å². The molecule has 1 fully saturated rings. The minimum absolute atomic E-state index is 0.0949. The number of fused-ring (bicyclic) bond motifs is 1. The number of benzene rings is 2. The van der Waals surface area contributed by atoms with Crippen LogP contribution in [0.15, 0.2) is 42.5 Å². The Labute approximate surface area is 211 Å². The number of hydrogen-bond donors (Lipinski definition) is 1. The molecule has 200 valence electrons. The van der Waals surface area contributed by atoms with E-state index in [1.165, 1.54) is 0 Å². The Hall–Kier alpha value is -3.01. The summed E-state index contributed by atoms with van der Waals surface area (Å²) in [6.45, 7) is 3.78. The fourth-order valence-electron chi connectivity index (χ4n) is 4.35. The number of methoxy groups -OCH3 is 1. The molecule has 4 rings (SSSR count). The number of nitrogens with one attached hydrogen (secondary N) is 1. The maximum atomic E-state index is 13.2. The van der Waals surface area contributed by atoms with Crippen LogP contribution >= 0.6 is 0 Å². The van der Waals surface area contributed by atoms with Crippen LogP contribution in [0.1, 0.15) is 48.4 Å². The first-order valence-electron chi connectivity index (χ1n) is 12.2. The van der Waals surface area contributed by atoms with E-state index in [4.69, 9.17) is 9.72 Å². The first kappa shape index (κ1) is 27.0. The maximum absolute atomic E-state index is 13.2. The van der Waals surface area contributed by atoms with Gasteiger partial charge in [0.05, 0.1) is 23.8 Å². The van der Waals surface area contributed by atoms with E-state index in [1.807, 2.05) is 24.3 Å². The van der Waals surface area contributed by atoms with Gasteiger partial charge < -0.3 is 15.0 Å². The molecule has 0 atom stereocenters. The summed E-state index contributed by atoms with van der Waals surface area (Å²) in [4.78, 5) is 7.13. The van der Waals surface area contributed by atoms with Crippen LogP contribution in [0.2, 0.25) is 0 Å². The highest BCUT2D eigenvalue weighted by atomic mass is 19.4. The molecule has 4 nitrogen and oxygen atoms in total. The van der Waals surface area contributed by atoms with E-state index in [2.05, 4.69) is 17.1 Å². The van der Waals surface area contributed by atoms with Crippen molar-refractivity contribution in [3.05, 3.63) is 64.7 Å². The predicted octanol–water partition coefficient (Wildman–Crippen LogP) is 7.20. The van der Waals surface area contributed by atoms with Gasteiger partial charge in [-0.2, -0.15) is 26.3 Å². The summed E-state index contributed by atoms with van der Waals surface area (Å²) < 4.78 is 84.8.